The van der Waals surface area contributed by atoms with Crippen LogP contribution in [0.15, 0.2) is 22.7 Å². The molecule has 0 atom stereocenters. The van der Waals surface area contributed by atoms with Gasteiger partial charge in [-0.25, -0.2) is 0 Å². The van der Waals surface area contributed by atoms with Gasteiger partial charge in [0.1, 0.15) is 0 Å². The van der Waals surface area contributed by atoms with E-state index >= 15 is 0 Å². The minimum Gasteiger partial charge on any atom is -0.361 e. The summed E-state index contributed by atoms with van der Waals surface area (Å²) in [6.45, 7) is 2.52. The fourth-order valence-electron chi connectivity index (χ4n) is 1.50. The van der Waals surface area contributed by atoms with Crippen LogP contribution in [0, 0.1) is 0 Å². The van der Waals surface area contributed by atoms with Gasteiger partial charge in [0.15, 0.2) is 5.82 Å². The molecule has 0 spiro atoms. The van der Waals surface area contributed by atoms with Gasteiger partial charge in [-0.05, 0) is 25.1 Å². The Kier molecular flexibility index (Phi) is 4.10. The lowest BCUT2D eigenvalue weighted by atomic mass is 10.1. The Bertz CT molecular complexity index is 583. The zero-order valence-electron chi connectivity index (χ0n) is 9.75. The highest BCUT2D eigenvalue weighted by Gasteiger charge is 2.34. The van der Waals surface area contributed by atoms with Crippen molar-refractivity contribution in [2.45, 2.75) is 13.1 Å². The van der Waals surface area contributed by atoms with Crippen molar-refractivity contribution in [3.63, 3.8) is 0 Å². The van der Waals surface area contributed by atoms with E-state index in [-0.39, 0.29) is 11.4 Å². The Balaban J connectivity index is 2.48. The molecule has 3 nitrogen and oxygen atoms in total. The zero-order valence-corrected chi connectivity index (χ0v) is 12.2. The van der Waals surface area contributed by atoms with E-state index in [1.54, 1.807) is 6.07 Å². The zero-order chi connectivity index (χ0) is 14.0. The molecule has 0 saturated carbocycles. The molecular weight excluding hydrogens is 343 g/mol. The number of aromatic nitrogens is 2. The van der Waals surface area contributed by atoms with Crippen molar-refractivity contribution in [3.8, 4) is 11.4 Å². The Morgan fingerprint density at radius 2 is 2.11 bits per heavy atom. The van der Waals surface area contributed by atoms with E-state index in [9.17, 15) is 13.2 Å². The molecule has 1 aromatic heterocycles. The summed E-state index contributed by atoms with van der Waals surface area (Å²) in [5, 5.41) is 3.43. The van der Waals surface area contributed by atoms with Crippen LogP contribution in [-0.2, 0) is 6.18 Å². The number of anilines is 1. The molecular formula is C11H9BrF3N3S. The van der Waals surface area contributed by atoms with Gasteiger partial charge in [0, 0.05) is 28.1 Å². The van der Waals surface area contributed by atoms with Crippen molar-refractivity contribution >= 4 is 32.6 Å². The van der Waals surface area contributed by atoms with Crippen LogP contribution >= 0.6 is 27.5 Å². The van der Waals surface area contributed by atoms with E-state index in [2.05, 4.69) is 30.6 Å². The first-order valence-corrected chi connectivity index (χ1v) is 6.93. The normalized spacial score (nSPS) is 11.6. The first kappa shape index (κ1) is 14.3. The first-order valence-electron chi connectivity index (χ1n) is 5.36. The maximum absolute atomic E-state index is 13.0. The molecule has 1 N–H and O–H groups in total. The maximum Gasteiger partial charge on any atom is 0.417 e. The number of hydrogen-bond acceptors (Lipinski definition) is 4. The average Bonchev–Trinajstić information content (AvgIpc) is 2.77. The summed E-state index contributed by atoms with van der Waals surface area (Å²) < 4.78 is 43.3. The molecule has 1 heterocycles. The summed E-state index contributed by atoms with van der Waals surface area (Å²) in [7, 11) is 0. The summed E-state index contributed by atoms with van der Waals surface area (Å²) in [5.74, 6) is 0.0841. The second-order valence-corrected chi connectivity index (χ2v) is 5.31. The number of nitrogens with zero attached hydrogens (tertiary/aromatic N) is 2. The molecule has 8 heteroatoms. The lowest BCUT2D eigenvalue weighted by Gasteiger charge is -2.11. The Morgan fingerprint density at radius 3 is 2.74 bits per heavy atom. The highest BCUT2D eigenvalue weighted by Crippen LogP contribution is 2.38. The first-order chi connectivity index (χ1) is 8.91. The molecule has 0 radical (unpaired) electrons. The van der Waals surface area contributed by atoms with Crippen molar-refractivity contribution < 1.29 is 13.2 Å². The maximum atomic E-state index is 13.0. The summed E-state index contributed by atoms with van der Waals surface area (Å²) in [6, 6.07) is 3.94. The van der Waals surface area contributed by atoms with Gasteiger partial charge in [0.2, 0.25) is 5.13 Å². The molecule has 0 saturated heterocycles. The van der Waals surface area contributed by atoms with Crippen LogP contribution in [0.2, 0.25) is 0 Å². The molecule has 19 heavy (non-hydrogen) atoms. The molecule has 0 aliphatic rings. The van der Waals surface area contributed by atoms with Crippen LogP contribution in [0.3, 0.4) is 0 Å². The SMILES string of the molecule is CCNc1nc(-c2ccc(Br)cc2C(F)(F)F)ns1. The van der Waals surface area contributed by atoms with E-state index in [0.29, 0.717) is 16.1 Å². The van der Waals surface area contributed by atoms with Crippen molar-refractivity contribution in [2.75, 3.05) is 11.9 Å². The smallest absolute Gasteiger partial charge is 0.361 e. The second kappa shape index (κ2) is 5.46. The third-order valence-electron chi connectivity index (χ3n) is 2.28. The number of alkyl halides is 3. The standard InChI is InChI=1S/C11H9BrF3N3S/c1-2-16-10-17-9(18-19-10)7-4-3-6(12)5-8(7)11(13,14)15/h3-5H,2H2,1H3,(H,16,17,18). The van der Waals surface area contributed by atoms with Crippen molar-refractivity contribution in [1.29, 1.82) is 0 Å². The minimum atomic E-state index is -4.44. The van der Waals surface area contributed by atoms with Crippen LogP contribution in [0.25, 0.3) is 11.4 Å². The molecule has 0 amide bonds. The number of hydrogen-bond donors (Lipinski definition) is 1. The Morgan fingerprint density at radius 1 is 1.37 bits per heavy atom. The molecule has 0 aliphatic carbocycles. The fourth-order valence-corrected chi connectivity index (χ4v) is 2.51. The monoisotopic (exact) mass is 351 g/mol. The van der Waals surface area contributed by atoms with Crippen molar-refractivity contribution in [2.24, 2.45) is 0 Å². The molecule has 0 bridgehead atoms. The number of rotatable bonds is 3. The van der Waals surface area contributed by atoms with Crippen molar-refractivity contribution in [3.05, 3.63) is 28.2 Å². The topological polar surface area (TPSA) is 37.8 Å². The largest absolute Gasteiger partial charge is 0.417 e. The molecule has 0 unspecified atom stereocenters. The third-order valence-corrected chi connectivity index (χ3v) is 3.45. The minimum absolute atomic E-state index is 0.0175. The van der Waals surface area contributed by atoms with Gasteiger partial charge in [-0.3, -0.25) is 0 Å². The van der Waals surface area contributed by atoms with E-state index in [1.807, 2.05) is 6.92 Å². The predicted octanol–water partition coefficient (Wildman–Crippen LogP) is 4.42. The van der Waals surface area contributed by atoms with Crippen LogP contribution in [0.4, 0.5) is 18.3 Å². The van der Waals surface area contributed by atoms with E-state index in [0.717, 1.165) is 17.6 Å². The Hall–Kier alpha value is -1.15. The van der Waals surface area contributed by atoms with Crippen LogP contribution in [0.1, 0.15) is 12.5 Å². The van der Waals surface area contributed by atoms with Gasteiger partial charge in [0.05, 0.1) is 5.56 Å². The molecule has 102 valence electrons. The summed E-state index contributed by atoms with van der Waals surface area (Å²) >= 11 is 4.08. The molecule has 0 aliphatic heterocycles. The van der Waals surface area contributed by atoms with Gasteiger partial charge in [-0.1, -0.05) is 15.9 Å². The van der Waals surface area contributed by atoms with Gasteiger partial charge in [-0.2, -0.15) is 22.5 Å². The van der Waals surface area contributed by atoms with Gasteiger partial charge in [-0.15, -0.1) is 0 Å². The summed E-state index contributed by atoms with van der Waals surface area (Å²) in [5.41, 5.74) is -0.765. The summed E-state index contributed by atoms with van der Waals surface area (Å²) in [6.07, 6.45) is -4.44. The van der Waals surface area contributed by atoms with Crippen molar-refractivity contribution in [1.82, 2.24) is 9.36 Å². The quantitative estimate of drug-likeness (QED) is 0.889. The molecule has 2 rings (SSSR count). The highest BCUT2D eigenvalue weighted by molar-refractivity contribution is 9.10. The van der Waals surface area contributed by atoms with E-state index in [1.165, 1.54) is 6.07 Å². The van der Waals surface area contributed by atoms with Crippen LogP contribution in [-0.4, -0.2) is 15.9 Å². The second-order valence-electron chi connectivity index (χ2n) is 3.64. The lowest BCUT2D eigenvalue weighted by Crippen LogP contribution is -2.07. The molecule has 2 aromatic rings. The predicted molar refractivity (Wildman–Crippen MR) is 72.2 cm³/mol. The molecule has 0 fully saturated rings. The number of nitrogens with one attached hydrogen (secondary N) is 1. The number of halogens is 4. The van der Waals surface area contributed by atoms with E-state index < -0.39 is 11.7 Å². The highest BCUT2D eigenvalue weighted by atomic mass is 79.9. The van der Waals surface area contributed by atoms with Gasteiger partial charge in [0.25, 0.3) is 0 Å². The number of benzene rings is 1. The summed E-state index contributed by atoms with van der Waals surface area (Å²) in [4.78, 5) is 4.06. The lowest BCUT2D eigenvalue weighted by molar-refractivity contribution is -0.137. The van der Waals surface area contributed by atoms with Crippen LogP contribution in [0.5, 0.6) is 0 Å². The molecule has 1 aromatic carbocycles. The van der Waals surface area contributed by atoms with Gasteiger partial charge >= 0.3 is 6.18 Å². The fraction of sp³-hybridized carbons (Fsp3) is 0.273. The average molecular weight is 352 g/mol. The van der Waals surface area contributed by atoms with Crippen LogP contribution < -0.4 is 5.32 Å². The van der Waals surface area contributed by atoms with Gasteiger partial charge < -0.3 is 5.32 Å². The van der Waals surface area contributed by atoms with E-state index in [4.69, 9.17) is 0 Å². The Labute approximate surface area is 120 Å². The third kappa shape index (κ3) is 3.24.